The fourth-order valence-corrected chi connectivity index (χ4v) is 2.82. The second-order valence-electron chi connectivity index (χ2n) is 5.71. The van der Waals surface area contributed by atoms with Crippen LogP contribution in [0.15, 0.2) is 39.5 Å². The van der Waals surface area contributed by atoms with E-state index in [1.807, 2.05) is 6.92 Å². The Morgan fingerprint density at radius 3 is 2.36 bits per heavy atom. The minimum Gasteiger partial charge on any atom is -0.361 e. The van der Waals surface area contributed by atoms with Crippen LogP contribution in [-0.2, 0) is 0 Å². The minimum atomic E-state index is -4.44. The molecule has 0 bridgehead atoms. The standard InChI is InChI=1S/C18H20F3N3O/c1-6-14(18(19,20)21)17(22-5)10(2)13-7-8-15(23-9-13)16-11(3)24-25-12(16)4/h6-10H,1-5H3/b14-6+,22-17?. The number of aromatic nitrogens is 2. The van der Waals surface area contributed by atoms with E-state index in [0.29, 0.717) is 17.0 Å². The average Bonchev–Trinajstić information content (AvgIpc) is 2.89. The van der Waals surface area contributed by atoms with Gasteiger partial charge in [-0.25, -0.2) is 0 Å². The molecule has 2 aromatic heterocycles. The topological polar surface area (TPSA) is 51.3 Å². The molecular formula is C18H20F3N3O. The van der Waals surface area contributed by atoms with Crippen molar-refractivity contribution in [3.63, 3.8) is 0 Å². The fourth-order valence-electron chi connectivity index (χ4n) is 2.82. The first kappa shape index (κ1) is 18.9. The van der Waals surface area contributed by atoms with Crippen molar-refractivity contribution in [3.8, 4) is 11.3 Å². The van der Waals surface area contributed by atoms with E-state index >= 15 is 0 Å². The number of allylic oxidation sites excluding steroid dienone is 2. The van der Waals surface area contributed by atoms with Crippen LogP contribution in [0.4, 0.5) is 13.2 Å². The van der Waals surface area contributed by atoms with Gasteiger partial charge in [-0.1, -0.05) is 24.2 Å². The zero-order valence-electron chi connectivity index (χ0n) is 14.8. The second kappa shape index (κ2) is 7.21. The predicted octanol–water partition coefficient (Wildman–Crippen LogP) is 5.04. The first-order valence-corrected chi connectivity index (χ1v) is 7.80. The van der Waals surface area contributed by atoms with Gasteiger partial charge in [0, 0.05) is 19.2 Å². The molecular weight excluding hydrogens is 331 g/mol. The zero-order chi connectivity index (χ0) is 18.8. The smallest absolute Gasteiger partial charge is 0.361 e. The Balaban J connectivity index is 2.36. The Bertz CT molecular complexity index is 782. The third-order valence-electron chi connectivity index (χ3n) is 4.10. The number of aliphatic imine (C=N–C) groups is 1. The third kappa shape index (κ3) is 3.81. The monoisotopic (exact) mass is 351 g/mol. The molecule has 0 radical (unpaired) electrons. The van der Waals surface area contributed by atoms with Gasteiger partial charge < -0.3 is 4.52 Å². The van der Waals surface area contributed by atoms with Gasteiger partial charge in [-0.3, -0.25) is 9.98 Å². The number of pyridine rings is 1. The summed E-state index contributed by atoms with van der Waals surface area (Å²) in [5.74, 6) is 0.110. The highest BCUT2D eigenvalue weighted by molar-refractivity contribution is 6.05. The Morgan fingerprint density at radius 2 is 1.96 bits per heavy atom. The van der Waals surface area contributed by atoms with Crippen LogP contribution >= 0.6 is 0 Å². The SMILES string of the molecule is C/C=C(\C(=NC)C(C)c1ccc(-c2c(C)noc2C)nc1)C(F)(F)F. The number of hydrogen-bond acceptors (Lipinski definition) is 4. The summed E-state index contributed by atoms with van der Waals surface area (Å²) in [5, 5.41) is 3.89. The van der Waals surface area contributed by atoms with Crippen molar-refractivity contribution in [1.29, 1.82) is 0 Å². The maximum atomic E-state index is 13.2. The number of halogens is 3. The molecule has 0 N–H and O–H groups in total. The summed E-state index contributed by atoms with van der Waals surface area (Å²) in [4.78, 5) is 8.25. The van der Waals surface area contributed by atoms with E-state index < -0.39 is 17.7 Å². The Hall–Kier alpha value is -2.44. The van der Waals surface area contributed by atoms with E-state index in [1.165, 1.54) is 14.0 Å². The highest BCUT2D eigenvalue weighted by Crippen LogP contribution is 2.33. The van der Waals surface area contributed by atoms with Crippen LogP contribution < -0.4 is 0 Å². The lowest BCUT2D eigenvalue weighted by Gasteiger charge is -2.19. The molecule has 25 heavy (non-hydrogen) atoms. The van der Waals surface area contributed by atoms with Gasteiger partial charge in [-0.15, -0.1) is 0 Å². The summed E-state index contributed by atoms with van der Waals surface area (Å²) >= 11 is 0. The Morgan fingerprint density at radius 1 is 1.28 bits per heavy atom. The molecule has 0 aliphatic rings. The summed E-state index contributed by atoms with van der Waals surface area (Å²) in [7, 11) is 1.37. The molecule has 2 aromatic rings. The lowest BCUT2D eigenvalue weighted by molar-refractivity contribution is -0.0864. The van der Waals surface area contributed by atoms with Gasteiger partial charge in [-0.2, -0.15) is 13.2 Å². The van der Waals surface area contributed by atoms with E-state index in [2.05, 4.69) is 15.1 Å². The van der Waals surface area contributed by atoms with Crippen LogP contribution in [0.25, 0.3) is 11.3 Å². The average molecular weight is 351 g/mol. The van der Waals surface area contributed by atoms with Gasteiger partial charge in [0.1, 0.15) is 5.76 Å². The molecule has 0 aliphatic heterocycles. The number of alkyl halides is 3. The van der Waals surface area contributed by atoms with Crippen LogP contribution in [0.3, 0.4) is 0 Å². The van der Waals surface area contributed by atoms with Gasteiger partial charge in [0.05, 0.1) is 28.2 Å². The minimum absolute atomic E-state index is 0.0121. The van der Waals surface area contributed by atoms with Crippen LogP contribution in [-0.4, -0.2) is 29.1 Å². The molecule has 0 saturated carbocycles. The zero-order valence-corrected chi connectivity index (χ0v) is 14.8. The van der Waals surface area contributed by atoms with Gasteiger partial charge in [0.25, 0.3) is 0 Å². The van der Waals surface area contributed by atoms with Crippen molar-refractivity contribution >= 4 is 5.71 Å². The molecule has 7 heteroatoms. The van der Waals surface area contributed by atoms with Crippen LogP contribution in [0.5, 0.6) is 0 Å². The molecule has 4 nitrogen and oxygen atoms in total. The summed E-state index contributed by atoms with van der Waals surface area (Å²) in [6.07, 6.45) is -1.83. The Labute approximate surface area is 144 Å². The van der Waals surface area contributed by atoms with Crippen molar-refractivity contribution in [2.45, 2.75) is 39.8 Å². The molecule has 0 aromatic carbocycles. The molecule has 1 unspecified atom stereocenters. The van der Waals surface area contributed by atoms with Crippen LogP contribution in [0, 0.1) is 13.8 Å². The molecule has 2 rings (SSSR count). The normalized spacial score (nSPS) is 14.7. The van der Waals surface area contributed by atoms with Crippen molar-refractivity contribution in [3.05, 3.63) is 47.0 Å². The predicted molar refractivity (Wildman–Crippen MR) is 90.8 cm³/mol. The number of nitrogens with zero attached hydrogens (tertiary/aromatic N) is 3. The van der Waals surface area contributed by atoms with Crippen LogP contribution in [0.2, 0.25) is 0 Å². The van der Waals surface area contributed by atoms with Gasteiger partial charge in [0.15, 0.2) is 0 Å². The van der Waals surface area contributed by atoms with Crippen LogP contribution in [0.1, 0.15) is 36.8 Å². The molecule has 134 valence electrons. The maximum Gasteiger partial charge on any atom is 0.417 e. The van der Waals surface area contributed by atoms with E-state index in [0.717, 1.165) is 17.3 Å². The highest BCUT2D eigenvalue weighted by Gasteiger charge is 2.38. The second-order valence-corrected chi connectivity index (χ2v) is 5.71. The Kier molecular flexibility index (Phi) is 5.45. The van der Waals surface area contributed by atoms with Crippen molar-refractivity contribution in [1.82, 2.24) is 10.1 Å². The number of rotatable bonds is 4. The largest absolute Gasteiger partial charge is 0.417 e. The fraction of sp³-hybridized carbons (Fsp3) is 0.389. The lowest BCUT2D eigenvalue weighted by atomic mass is 9.91. The van der Waals surface area contributed by atoms with Crippen molar-refractivity contribution < 1.29 is 17.7 Å². The summed E-state index contributed by atoms with van der Waals surface area (Å²) in [6.45, 7) is 6.65. The molecule has 0 saturated heterocycles. The van der Waals surface area contributed by atoms with Crippen molar-refractivity contribution in [2.75, 3.05) is 7.05 Å². The molecule has 2 heterocycles. The van der Waals surface area contributed by atoms with E-state index in [4.69, 9.17) is 4.52 Å². The maximum absolute atomic E-state index is 13.2. The first-order valence-electron chi connectivity index (χ1n) is 7.80. The molecule has 0 spiro atoms. The summed E-state index contributed by atoms with van der Waals surface area (Å²) in [5.41, 5.74) is 2.10. The first-order chi connectivity index (χ1) is 11.7. The van der Waals surface area contributed by atoms with E-state index in [9.17, 15) is 13.2 Å². The number of hydrogen-bond donors (Lipinski definition) is 0. The van der Waals surface area contributed by atoms with Crippen molar-refractivity contribution in [2.24, 2.45) is 4.99 Å². The molecule has 0 amide bonds. The number of aryl methyl sites for hydroxylation is 2. The van der Waals surface area contributed by atoms with Gasteiger partial charge >= 0.3 is 6.18 Å². The van der Waals surface area contributed by atoms with Gasteiger partial charge in [-0.05, 0) is 32.4 Å². The summed E-state index contributed by atoms with van der Waals surface area (Å²) in [6, 6.07) is 3.52. The third-order valence-corrected chi connectivity index (χ3v) is 4.10. The summed E-state index contributed by atoms with van der Waals surface area (Å²) < 4.78 is 44.7. The molecule has 1 atom stereocenters. The van der Waals surface area contributed by atoms with Gasteiger partial charge in [0.2, 0.25) is 0 Å². The van der Waals surface area contributed by atoms with E-state index in [-0.39, 0.29) is 5.71 Å². The molecule has 0 fully saturated rings. The lowest BCUT2D eigenvalue weighted by Crippen LogP contribution is -2.24. The molecule has 0 aliphatic carbocycles. The van der Waals surface area contributed by atoms with E-state index in [1.54, 1.807) is 32.2 Å². The highest BCUT2D eigenvalue weighted by atomic mass is 19.4. The quantitative estimate of drug-likeness (QED) is 0.726.